The fraction of sp³-hybridized carbons (Fsp3) is 0.421. The number of thiophene rings is 1. The molecule has 1 fully saturated rings. The van der Waals surface area contributed by atoms with Crippen molar-refractivity contribution in [2.75, 3.05) is 5.32 Å². The lowest BCUT2D eigenvalue weighted by Crippen LogP contribution is -2.17. The lowest BCUT2D eigenvalue weighted by Gasteiger charge is -2.11. The van der Waals surface area contributed by atoms with E-state index in [0.717, 1.165) is 37.7 Å². The molecule has 1 heterocycles. The minimum absolute atomic E-state index is 0.154. The molecule has 0 unspecified atom stereocenters. The minimum atomic E-state index is -3.25. The lowest BCUT2D eigenvalue weighted by atomic mass is 10.2. The van der Waals surface area contributed by atoms with Gasteiger partial charge in [-0.25, -0.2) is 8.42 Å². The number of amides is 1. The van der Waals surface area contributed by atoms with Crippen LogP contribution in [0.2, 0.25) is 0 Å². The van der Waals surface area contributed by atoms with E-state index in [1.807, 2.05) is 13.0 Å². The van der Waals surface area contributed by atoms with Crippen LogP contribution >= 0.6 is 11.3 Å². The van der Waals surface area contributed by atoms with Crippen LogP contribution in [0.1, 0.15) is 52.7 Å². The first-order valence-corrected chi connectivity index (χ1v) is 11.0. The number of hydrogen-bond acceptors (Lipinski definition) is 4. The molecule has 0 aliphatic heterocycles. The highest BCUT2D eigenvalue weighted by Crippen LogP contribution is 2.30. The molecule has 1 aromatic carbocycles. The number of sulfone groups is 1. The summed E-state index contributed by atoms with van der Waals surface area (Å²) in [5, 5.41) is 2.59. The molecule has 0 radical (unpaired) electrons. The largest absolute Gasteiger partial charge is 0.321 e. The second-order valence-electron chi connectivity index (χ2n) is 6.50. The maximum absolute atomic E-state index is 12.6. The third kappa shape index (κ3) is 3.80. The van der Waals surface area contributed by atoms with Crippen LogP contribution in [0.15, 0.2) is 35.2 Å². The first kappa shape index (κ1) is 18.1. The number of aryl methyl sites for hydroxylation is 2. The van der Waals surface area contributed by atoms with Gasteiger partial charge in [0.2, 0.25) is 0 Å². The van der Waals surface area contributed by atoms with Crippen LogP contribution in [0.3, 0.4) is 0 Å². The molecule has 2 aromatic rings. The Labute approximate surface area is 153 Å². The van der Waals surface area contributed by atoms with E-state index in [0.29, 0.717) is 15.5 Å². The van der Waals surface area contributed by atoms with Gasteiger partial charge in [-0.2, -0.15) is 0 Å². The van der Waals surface area contributed by atoms with Crippen molar-refractivity contribution in [1.29, 1.82) is 0 Å². The fourth-order valence-electron chi connectivity index (χ4n) is 3.29. The van der Waals surface area contributed by atoms with Crippen molar-refractivity contribution in [2.24, 2.45) is 0 Å². The fourth-order valence-corrected chi connectivity index (χ4v) is 6.16. The quantitative estimate of drug-likeness (QED) is 0.829. The third-order valence-electron chi connectivity index (χ3n) is 4.75. The van der Waals surface area contributed by atoms with Gasteiger partial charge in [-0.15, -0.1) is 11.3 Å². The smallest absolute Gasteiger partial charge is 0.265 e. The maximum Gasteiger partial charge on any atom is 0.265 e. The molecule has 134 valence electrons. The van der Waals surface area contributed by atoms with Crippen molar-refractivity contribution in [3.05, 3.63) is 45.6 Å². The molecule has 1 saturated carbocycles. The van der Waals surface area contributed by atoms with Crippen LogP contribution in [-0.4, -0.2) is 19.6 Å². The summed E-state index contributed by atoms with van der Waals surface area (Å²) in [5.74, 6) is -0.154. The summed E-state index contributed by atoms with van der Waals surface area (Å²) in [4.78, 5) is 14.6. The van der Waals surface area contributed by atoms with Crippen molar-refractivity contribution in [3.8, 4) is 0 Å². The van der Waals surface area contributed by atoms with Crippen molar-refractivity contribution in [3.63, 3.8) is 0 Å². The number of carbonyl (C=O) groups is 1. The Bertz CT molecular complexity index is 861. The number of benzene rings is 1. The minimum Gasteiger partial charge on any atom is -0.321 e. The van der Waals surface area contributed by atoms with Crippen molar-refractivity contribution in [2.45, 2.75) is 56.1 Å². The molecule has 0 atom stereocenters. The Morgan fingerprint density at radius 3 is 2.40 bits per heavy atom. The van der Waals surface area contributed by atoms with Crippen LogP contribution in [0.4, 0.5) is 5.69 Å². The zero-order chi connectivity index (χ0) is 18.0. The average Bonchev–Trinajstić information content (AvgIpc) is 3.25. The summed E-state index contributed by atoms with van der Waals surface area (Å²) < 4.78 is 25.2. The number of nitrogens with one attached hydrogen (secondary N) is 1. The zero-order valence-corrected chi connectivity index (χ0v) is 16.2. The number of rotatable bonds is 5. The van der Waals surface area contributed by atoms with Crippen LogP contribution in [0.5, 0.6) is 0 Å². The summed E-state index contributed by atoms with van der Waals surface area (Å²) >= 11 is 1.50. The Morgan fingerprint density at radius 1 is 1.20 bits per heavy atom. The van der Waals surface area contributed by atoms with Crippen molar-refractivity contribution >= 4 is 32.8 Å². The van der Waals surface area contributed by atoms with E-state index in [-0.39, 0.29) is 11.2 Å². The summed E-state index contributed by atoms with van der Waals surface area (Å²) in [7, 11) is -3.25. The van der Waals surface area contributed by atoms with Gasteiger partial charge in [0.15, 0.2) is 9.84 Å². The predicted octanol–water partition coefficient (Wildman–Crippen LogP) is 4.59. The van der Waals surface area contributed by atoms with E-state index in [9.17, 15) is 13.2 Å². The summed E-state index contributed by atoms with van der Waals surface area (Å²) in [6, 6.07) is 8.43. The molecule has 1 N–H and O–H groups in total. The Balaban J connectivity index is 1.73. The van der Waals surface area contributed by atoms with Gasteiger partial charge in [-0.1, -0.05) is 19.8 Å². The van der Waals surface area contributed by atoms with Crippen LogP contribution in [0.25, 0.3) is 0 Å². The van der Waals surface area contributed by atoms with E-state index >= 15 is 0 Å². The highest BCUT2D eigenvalue weighted by atomic mass is 32.2. The van der Waals surface area contributed by atoms with Gasteiger partial charge in [0.25, 0.3) is 5.91 Å². The maximum atomic E-state index is 12.6. The molecule has 3 rings (SSSR count). The summed E-state index contributed by atoms with van der Waals surface area (Å²) in [6.07, 6.45) is 4.38. The molecule has 0 spiro atoms. The lowest BCUT2D eigenvalue weighted by molar-refractivity contribution is 0.103. The van der Waals surface area contributed by atoms with Gasteiger partial charge in [-0.3, -0.25) is 4.79 Å². The topological polar surface area (TPSA) is 63.2 Å². The van der Waals surface area contributed by atoms with Crippen molar-refractivity contribution in [1.82, 2.24) is 0 Å². The number of anilines is 1. The third-order valence-corrected chi connectivity index (χ3v) is 8.41. The highest BCUT2D eigenvalue weighted by Gasteiger charge is 2.30. The molecule has 1 amide bonds. The Hall–Kier alpha value is -1.66. The van der Waals surface area contributed by atoms with Crippen LogP contribution in [-0.2, 0) is 16.3 Å². The molecular formula is C19H23NO3S2. The normalized spacial score (nSPS) is 15.4. The highest BCUT2D eigenvalue weighted by molar-refractivity contribution is 7.92. The zero-order valence-electron chi connectivity index (χ0n) is 14.5. The van der Waals surface area contributed by atoms with Crippen LogP contribution < -0.4 is 5.32 Å². The van der Waals surface area contributed by atoms with Gasteiger partial charge in [-0.05, 0) is 62.1 Å². The second-order valence-corrected chi connectivity index (χ2v) is 9.87. The van der Waals surface area contributed by atoms with Gasteiger partial charge >= 0.3 is 0 Å². The molecule has 4 nitrogen and oxygen atoms in total. The molecular weight excluding hydrogens is 354 g/mol. The van der Waals surface area contributed by atoms with Gasteiger partial charge in [0.05, 0.1) is 15.0 Å². The van der Waals surface area contributed by atoms with E-state index in [2.05, 4.69) is 12.2 Å². The molecule has 0 bridgehead atoms. The molecule has 1 aliphatic carbocycles. The number of carbonyl (C=O) groups excluding carboxylic acids is 1. The standard InChI is InChI=1S/C19H23NO3S2/c1-3-17-13(2)12-18(24-17)19(21)20-14-8-10-16(11-9-14)25(22,23)15-6-4-5-7-15/h8-12,15H,3-7H2,1-2H3,(H,20,21). The second kappa shape index (κ2) is 7.30. The van der Waals surface area contributed by atoms with E-state index in [1.165, 1.54) is 16.2 Å². The monoisotopic (exact) mass is 377 g/mol. The number of hydrogen-bond donors (Lipinski definition) is 1. The SMILES string of the molecule is CCc1sc(C(=O)Nc2ccc(S(=O)(=O)C3CCCC3)cc2)cc1C. The summed E-state index contributed by atoms with van der Waals surface area (Å²) in [6.45, 7) is 4.08. The first-order valence-electron chi connectivity index (χ1n) is 8.66. The molecule has 0 saturated heterocycles. The molecule has 6 heteroatoms. The molecule has 25 heavy (non-hydrogen) atoms. The Morgan fingerprint density at radius 2 is 1.84 bits per heavy atom. The molecule has 1 aromatic heterocycles. The summed E-state index contributed by atoms with van der Waals surface area (Å²) in [5.41, 5.74) is 1.75. The van der Waals surface area contributed by atoms with E-state index < -0.39 is 9.84 Å². The van der Waals surface area contributed by atoms with E-state index in [1.54, 1.807) is 24.3 Å². The van der Waals surface area contributed by atoms with Gasteiger partial charge in [0, 0.05) is 10.6 Å². The average molecular weight is 378 g/mol. The predicted molar refractivity (Wildman–Crippen MR) is 102 cm³/mol. The van der Waals surface area contributed by atoms with Crippen LogP contribution in [0, 0.1) is 6.92 Å². The van der Waals surface area contributed by atoms with Gasteiger partial charge in [0.1, 0.15) is 0 Å². The van der Waals surface area contributed by atoms with E-state index in [4.69, 9.17) is 0 Å². The Kier molecular flexibility index (Phi) is 5.29. The molecule has 1 aliphatic rings. The first-order chi connectivity index (χ1) is 11.9. The van der Waals surface area contributed by atoms with Gasteiger partial charge < -0.3 is 5.32 Å². The van der Waals surface area contributed by atoms with Crippen molar-refractivity contribution < 1.29 is 13.2 Å².